The smallest absolute Gasteiger partial charge is 0.293 e. The SMILES string of the molecule is O=C(/C=C/c1cnn(-c2ccccc2)n1)NCCN1C(=O)S/C(=C\c2ccc3c(c2)OCO3)C1=O. The Kier molecular flexibility index (Phi) is 6.31. The van der Waals surface area contributed by atoms with E-state index in [0.29, 0.717) is 22.1 Å². The Morgan fingerprint density at radius 1 is 1.11 bits per heavy atom. The van der Waals surface area contributed by atoms with Crippen molar-refractivity contribution in [1.82, 2.24) is 25.2 Å². The van der Waals surface area contributed by atoms with Crippen LogP contribution in [0.2, 0.25) is 0 Å². The van der Waals surface area contributed by atoms with Gasteiger partial charge in [-0.25, -0.2) is 0 Å². The number of imide groups is 1. The Balaban J connectivity index is 1.13. The lowest BCUT2D eigenvalue weighted by molar-refractivity contribution is -0.123. The molecule has 3 aromatic rings. The summed E-state index contributed by atoms with van der Waals surface area (Å²) in [4.78, 5) is 40.0. The highest BCUT2D eigenvalue weighted by Gasteiger charge is 2.34. The number of fused-ring (bicyclic) bond motifs is 1. The van der Waals surface area contributed by atoms with Gasteiger partial charge >= 0.3 is 0 Å². The number of aromatic nitrogens is 3. The second-order valence-corrected chi connectivity index (χ2v) is 8.46. The van der Waals surface area contributed by atoms with Gasteiger partial charge in [0.25, 0.3) is 11.1 Å². The molecule has 1 saturated heterocycles. The van der Waals surface area contributed by atoms with Crippen LogP contribution in [0.25, 0.3) is 17.8 Å². The van der Waals surface area contributed by atoms with E-state index in [1.54, 1.807) is 30.5 Å². The van der Waals surface area contributed by atoms with Gasteiger partial charge in [-0.1, -0.05) is 24.3 Å². The van der Waals surface area contributed by atoms with Crippen molar-refractivity contribution in [1.29, 1.82) is 0 Å². The van der Waals surface area contributed by atoms with Crippen LogP contribution in [0.15, 0.2) is 65.7 Å². The van der Waals surface area contributed by atoms with Crippen LogP contribution in [-0.2, 0) is 9.59 Å². The van der Waals surface area contributed by atoms with E-state index in [1.165, 1.54) is 16.9 Å². The molecule has 3 amide bonds. The zero-order valence-electron chi connectivity index (χ0n) is 18.3. The third-order valence-electron chi connectivity index (χ3n) is 5.10. The topological polar surface area (TPSA) is 116 Å². The molecule has 2 aliphatic rings. The van der Waals surface area contributed by atoms with Crippen molar-refractivity contribution in [3.63, 3.8) is 0 Å². The van der Waals surface area contributed by atoms with E-state index in [0.717, 1.165) is 27.9 Å². The molecule has 2 aliphatic heterocycles. The molecule has 0 spiro atoms. The number of hydrogen-bond acceptors (Lipinski definition) is 8. The Labute approximate surface area is 204 Å². The summed E-state index contributed by atoms with van der Waals surface area (Å²) in [6, 6.07) is 14.7. The highest BCUT2D eigenvalue weighted by Crippen LogP contribution is 2.36. The fourth-order valence-corrected chi connectivity index (χ4v) is 4.26. The Bertz CT molecular complexity index is 1350. The molecule has 0 aliphatic carbocycles. The van der Waals surface area contributed by atoms with Crippen LogP contribution in [-0.4, -0.2) is 56.8 Å². The van der Waals surface area contributed by atoms with Crippen molar-refractivity contribution in [2.75, 3.05) is 19.9 Å². The molecule has 10 nitrogen and oxygen atoms in total. The van der Waals surface area contributed by atoms with Crippen LogP contribution in [0.5, 0.6) is 11.5 Å². The van der Waals surface area contributed by atoms with Gasteiger partial charge in [0, 0.05) is 19.2 Å². The van der Waals surface area contributed by atoms with Gasteiger partial charge in [0.2, 0.25) is 12.7 Å². The van der Waals surface area contributed by atoms with Gasteiger partial charge < -0.3 is 14.8 Å². The maximum absolute atomic E-state index is 12.7. The average molecular weight is 490 g/mol. The second kappa shape index (κ2) is 9.85. The third-order valence-corrected chi connectivity index (χ3v) is 6.01. The van der Waals surface area contributed by atoms with E-state index in [-0.39, 0.29) is 31.0 Å². The number of amides is 3. The van der Waals surface area contributed by atoms with Crippen LogP contribution in [0.3, 0.4) is 0 Å². The number of nitrogens with zero attached hydrogens (tertiary/aromatic N) is 4. The molecule has 3 heterocycles. The number of rotatable bonds is 7. The monoisotopic (exact) mass is 489 g/mol. The van der Waals surface area contributed by atoms with E-state index in [2.05, 4.69) is 15.5 Å². The van der Waals surface area contributed by atoms with Crippen molar-refractivity contribution in [3.8, 4) is 17.2 Å². The average Bonchev–Trinajstić information content (AvgIpc) is 3.59. The molecule has 1 N–H and O–H groups in total. The predicted octanol–water partition coefficient (Wildman–Crippen LogP) is 2.86. The summed E-state index contributed by atoms with van der Waals surface area (Å²) in [5.41, 5.74) is 2.05. The first-order valence-electron chi connectivity index (χ1n) is 10.7. The van der Waals surface area contributed by atoms with Crippen molar-refractivity contribution in [2.24, 2.45) is 0 Å². The first kappa shape index (κ1) is 22.4. The van der Waals surface area contributed by atoms with Crippen molar-refractivity contribution in [2.45, 2.75) is 0 Å². The summed E-state index contributed by atoms with van der Waals surface area (Å²) in [6.45, 7) is 0.339. The minimum atomic E-state index is -0.403. The van der Waals surface area contributed by atoms with Crippen LogP contribution in [0.4, 0.5) is 4.79 Å². The zero-order valence-corrected chi connectivity index (χ0v) is 19.1. The van der Waals surface area contributed by atoms with Gasteiger partial charge in [0.05, 0.1) is 16.8 Å². The number of ether oxygens (including phenoxy) is 2. The van der Waals surface area contributed by atoms with Crippen LogP contribution in [0, 0.1) is 0 Å². The van der Waals surface area contributed by atoms with Crippen molar-refractivity contribution < 1.29 is 23.9 Å². The predicted molar refractivity (Wildman–Crippen MR) is 129 cm³/mol. The zero-order chi connectivity index (χ0) is 24.2. The summed E-state index contributed by atoms with van der Waals surface area (Å²) in [5, 5.41) is 10.7. The lowest BCUT2D eigenvalue weighted by atomic mass is 10.2. The van der Waals surface area contributed by atoms with Gasteiger partial charge in [-0.2, -0.15) is 9.90 Å². The second-order valence-electron chi connectivity index (χ2n) is 7.46. The molecule has 5 rings (SSSR count). The molecule has 35 heavy (non-hydrogen) atoms. The summed E-state index contributed by atoms with van der Waals surface area (Å²) in [7, 11) is 0. The number of para-hydroxylation sites is 1. The Hall–Kier alpha value is -4.38. The van der Waals surface area contributed by atoms with Crippen molar-refractivity contribution in [3.05, 3.63) is 77.0 Å². The molecule has 11 heteroatoms. The van der Waals surface area contributed by atoms with Gasteiger partial charge in [0.1, 0.15) is 5.69 Å². The van der Waals surface area contributed by atoms with Gasteiger partial charge in [-0.3, -0.25) is 19.3 Å². The van der Waals surface area contributed by atoms with Gasteiger partial charge in [0.15, 0.2) is 11.5 Å². The maximum Gasteiger partial charge on any atom is 0.293 e. The summed E-state index contributed by atoms with van der Waals surface area (Å²) < 4.78 is 10.6. The summed E-state index contributed by atoms with van der Waals surface area (Å²) in [6.07, 6.45) is 6.04. The minimum Gasteiger partial charge on any atom is -0.454 e. The van der Waals surface area contributed by atoms with E-state index >= 15 is 0 Å². The van der Waals surface area contributed by atoms with Gasteiger partial charge in [-0.05, 0) is 53.7 Å². The largest absolute Gasteiger partial charge is 0.454 e. The summed E-state index contributed by atoms with van der Waals surface area (Å²) in [5.74, 6) is 0.458. The molecule has 1 aromatic heterocycles. The fourth-order valence-electron chi connectivity index (χ4n) is 3.39. The lowest BCUT2D eigenvalue weighted by Crippen LogP contribution is -2.36. The molecule has 0 radical (unpaired) electrons. The lowest BCUT2D eigenvalue weighted by Gasteiger charge is -2.12. The fraction of sp³-hybridized carbons (Fsp3) is 0.125. The van der Waals surface area contributed by atoms with Crippen LogP contribution in [0.1, 0.15) is 11.3 Å². The van der Waals surface area contributed by atoms with E-state index in [9.17, 15) is 14.4 Å². The molecule has 1 fully saturated rings. The standard InChI is InChI=1S/C24H19N5O5S/c30-22(9-7-17-14-26-29(27-17)18-4-2-1-3-5-18)25-10-11-28-23(31)21(35-24(28)32)13-16-6-8-19-20(12-16)34-15-33-19/h1-9,12-14H,10-11,15H2,(H,25,30)/b9-7+,21-13-. The molecular weight excluding hydrogens is 470 g/mol. The molecule has 0 saturated carbocycles. The van der Waals surface area contributed by atoms with E-state index in [1.807, 2.05) is 30.3 Å². The number of nitrogens with one attached hydrogen (secondary N) is 1. The number of carbonyl (C=O) groups is 3. The summed E-state index contributed by atoms with van der Waals surface area (Å²) >= 11 is 0.859. The molecule has 176 valence electrons. The number of carbonyl (C=O) groups excluding carboxylic acids is 3. The Morgan fingerprint density at radius 2 is 1.94 bits per heavy atom. The first-order chi connectivity index (χ1) is 17.1. The highest BCUT2D eigenvalue weighted by atomic mass is 32.2. The maximum atomic E-state index is 12.7. The quantitative estimate of drug-likeness (QED) is 0.504. The van der Waals surface area contributed by atoms with Crippen molar-refractivity contribution >= 4 is 41.0 Å². The minimum absolute atomic E-state index is 0.0624. The molecular formula is C24H19N5O5S. The molecule has 0 bridgehead atoms. The Morgan fingerprint density at radius 3 is 2.80 bits per heavy atom. The third kappa shape index (κ3) is 5.09. The van der Waals surface area contributed by atoms with Gasteiger partial charge in [-0.15, -0.1) is 5.10 Å². The number of benzene rings is 2. The first-order valence-corrected chi connectivity index (χ1v) is 11.5. The van der Waals surface area contributed by atoms with Crippen LogP contribution >= 0.6 is 11.8 Å². The molecule has 0 atom stereocenters. The van der Waals surface area contributed by atoms with E-state index < -0.39 is 5.91 Å². The number of thioether (sulfide) groups is 1. The van der Waals surface area contributed by atoms with E-state index in [4.69, 9.17) is 9.47 Å². The molecule has 2 aromatic carbocycles. The highest BCUT2D eigenvalue weighted by molar-refractivity contribution is 8.18. The number of hydrogen-bond donors (Lipinski definition) is 1. The molecule has 0 unspecified atom stereocenters. The normalized spacial score (nSPS) is 16.0. The van der Waals surface area contributed by atoms with Crippen LogP contribution < -0.4 is 14.8 Å².